The van der Waals surface area contributed by atoms with E-state index in [2.05, 4.69) is 62.3 Å². The largest absolute Gasteiger partial charge is 0.378 e. The van der Waals surface area contributed by atoms with Gasteiger partial charge in [0.15, 0.2) is 0 Å². The number of likely N-dealkylation sites (N-methyl/N-ethyl adjacent to an activating group) is 1. The highest BCUT2D eigenvalue weighted by molar-refractivity contribution is 5.25. The second-order valence-corrected chi connectivity index (χ2v) is 6.11. The quantitative estimate of drug-likeness (QED) is 0.871. The van der Waals surface area contributed by atoms with E-state index in [0.717, 1.165) is 32.5 Å². The van der Waals surface area contributed by atoms with Crippen LogP contribution in [-0.4, -0.2) is 43.8 Å². The van der Waals surface area contributed by atoms with Gasteiger partial charge in [0.05, 0.1) is 6.10 Å². The van der Waals surface area contributed by atoms with Gasteiger partial charge >= 0.3 is 0 Å². The van der Waals surface area contributed by atoms with Crippen molar-refractivity contribution in [3.8, 4) is 0 Å². The van der Waals surface area contributed by atoms with Crippen LogP contribution in [-0.2, 0) is 4.74 Å². The van der Waals surface area contributed by atoms with E-state index in [1.165, 1.54) is 11.1 Å². The molecule has 3 heteroatoms. The summed E-state index contributed by atoms with van der Waals surface area (Å²) in [5.74, 6) is 0. The summed E-state index contributed by atoms with van der Waals surface area (Å²) in [5.41, 5.74) is 2.70. The van der Waals surface area contributed by atoms with Gasteiger partial charge in [-0.1, -0.05) is 29.8 Å². The van der Waals surface area contributed by atoms with Gasteiger partial charge in [0.2, 0.25) is 0 Å². The molecule has 1 fully saturated rings. The zero-order valence-corrected chi connectivity index (χ0v) is 13.9. The lowest BCUT2D eigenvalue weighted by Crippen LogP contribution is -2.47. The van der Waals surface area contributed by atoms with E-state index in [1.807, 2.05) is 0 Å². The minimum Gasteiger partial charge on any atom is -0.378 e. The summed E-state index contributed by atoms with van der Waals surface area (Å²) in [6.07, 6.45) is 2.77. The maximum Gasteiger partial charge on any atom is 0.0599 e. The summed E-state index contributed by atoms with van der Waals surface area (Å²) in [6.45, 7) is 9.67. The molecule has 0 saturated carbocycles. The molecular weight excluding hydrogens is 260 g/mol. The zero-order valence-electron chi connectivity index (χ0n) is 13.9. The van der Waals surface area contributed by atoms with E-state index in [0.29, 0.717) is 18.2 Å². The van der Waals surface area contributed by atoms with Crippen LogP contribution in [0.3, 0.4) is 0 Å². The van der Waals surface area contributed by atoms with E-state index < -0.39 is 0 Å². The highest BCUT2D eigenvalue weighted by Crippen LogP contribution is 2.24. The predicted molar refractivity (Wildman–Crippen MR) is 88.7 cm³/mol. The lowest BCUT2D eigenvalue weighted by Gasteiger charge is -2.39. The summed E-state index contributed by atoms with van der Waals surface area (Å²) >= 11 is 0. The van der Waals surface area contributed by atoms with E-state index in [1.54, 1.807) is 0 Å². The van der Waals surface area contributed by atoms with Crippen molar-refractivity contribution < 1.29 is 4.74 Å². The summed E-state index contributed by atoms with van der Waals surface area (Å²) in [7, 11) is 2.06. The van der Waals surface area contributed by atoms with Gasteiger partial charge in [-0.3, -0.25) is 4.90 Å². The molecule has 0 bridgehead atoms. The van der Waals surface area contributed by atoms with Gasteiger partial charge in [0.1, 0.15) is 0 Å². The topological polar surface area (TPSA) is 24.5 Å². The number of aryl methyl sites for hydroxylation is 1. The van der Waals surface area contributed by atoms with Crippen molar-refractivity contribution in [2.24, 2.45) is 0 Å². The fraction of sp³-hybridized carbons (Fsp3) is 0.667. The maximum atomic E-state index is 5.75. The first-order chi connectivity index (χ1) is 10.2. The van der Waals surface area contributed by atoms with Crippen molar-refractivity contribution in [2.45, 2.75) is 51.8 Å². The first-order valence-electron chi connectivity index (χ1n) is 8.25. The van der Waals surface area contributed by atoms with Crippen LogP contribution in [0.1, 0.15) is 43.9 Å². The monoisotopic (exact) mass is 290 g/mol. The third-order valence-corrected chi connectivity index (χ3v) is 4.68. The first-order valence-corrected chi connectivity index (χ1v) is 8.25. The van der Waals surface area contributed by atoms with Crippen molar-refractivity contribution in [3.05, 3.63) is 35.4 Å². The van der Waals surface area contributed by atoms with Gasteiger partial charge in [-0.05, 0) is 46.2 Å². The molecule has 21 heavy (non-hydrogen) atoms. The predicted octanol–water partition coefficient (Wildman–Crippen LogP) is 3.14. The Morgan fingerprint density at radius 2 is 1.86 bits per heavy atom. The van der Waals surface area contributed by atoms with E-state index in [-0.39, 0.29) is 0 Å². The molecule has 1 aromatic rings. The van der Waals surface area contributed by atoms with Crippen molar-refractivity contribution in [2.75, 3.05) is 26.7 Å². The Balaban J connectivity index is 1.97. The number of benzene rings is 1. The Morgan fingerprint density at radius 3 is 2.38 bits per heavy atom. The molecule has 0 spiro atoms. The van der Waals surface area contributed by atoms with Gasteiger partial charge in [-0.25, -0.2) is 0 Å². The molecule has 2 rings (SSSR count). The fourth-order valence-electron chi connectivity index (χ4n) is 3.36. The van der Waals surface area contributed by atoms with Crippen LogP contribution in [0.4, 0.5) is 0 Å². The highest BCUT2D eigenvalue weighted by Gasteiger charge is 2.27. The number of ether oxygens (including phenoxy) is 1. The summed E-state index contributed by atoms with van der Waals surface area (Å²) in [6, 6.07) is 9.79. The fourth-order valence-corrected chi connectivity index (χ4v) is 3.36. The Bertz CT molecular complexity index is 410. The normalized spacial score (nSPS) is 20.4. The van der Waals surface area contributed by atoms with Crippen LogP contribution in [0.15, 0.2) is 24.3 Å². The van der Waals surface area contributed by atoms with E-state index in [9.17, 15) is 0 Å². The number of hydrogen-bond donors (Lipinski definition) is 1. The molecule has 1 aromatic carbocycles. The Morgan fingerprint density at radius 1 is 1.24 bits per heavy atom. The SMILES string of the molecule is CCOC1CCN(C(C)C(NC)c2ccc(C)cc2)CC1. The zero-order chi connectivity index (χ0) is 15.2. The van der Waals surface area contributed by atoms with Crippen LogP contribution >= 0.6 is 0 Å². The van der Waals surface area contributed by atoms with Crippen LogP contribution in [0, 0.1) is 6.92 Å². The maximum absolute atomic E-state index is 5.75. The van der Waals surface area contributed by atoms with Crippen LogP contribution in [0.5, 0.6) is 0 Å². The molecule has 0 amide bonds. The molecule has 1 aliphatic heterocycles. The number of hydrogen-bond acceptors (Lipinski definition) is 3. The average Bonchev–Trinajstić information content (AvgIpc) is 2.51. The minimum absolute atomic E-state index is 0.384. The molecule has 1 saturated heterocycles. The number of piperidine rings is 1. The summed E-state index contributed by atoms with van der Waals surface area (Å²) in [4.78, 5) is 2.59. The number of likely N-dealkylation sites (tertiary alicyclic amines) is 1. The molecule has 2 unspecified atom stereocenters. The van der Waals surface area contributed by atoms with Gasteiger partial charge in [-0.2, -0.15) is 0 Å². The Kier molecular flexibility index (Phi) is 6.22. The van der Waals surface area contributed by atoms with Crippen molar-refractivity contribution in [1.82, 2.24) is 10.2 Å². The van der Waals surface area contributed by atoms with Crippen molar-refractivity contribution in [3.63, 3.8) is 0 Å². The number of rotatable bonds is 6. The van der Waals surface area contributed by atoms with Gasteiger partial charge in [0, 0.05) is 31.8 Å². The lowest BCUT2D eigenvalue weighted by atomic mass is 9.96. The molecule has 118 valence electrons. The lowest BCUT2D eigenvalue weighted by molar-refractivity contribution is 0.00185. The third-order valence-electron chi connectivity index (χ3n) is 4.68. The second kappa shape index (κ2) is 7.92. The van der Waals surface area contributed by atoms with E-state index in [4.69, 9.17) is 4.74 Å². The van der Waals surface area contributed by atoms with Crippen LogP contribution < -0.4 is 5.32 Å². The molecule has 0 aromatic heterocycles. The van der Waals surface area contributed by atoms with Crippen LogP contribution in [0.2, 0.25) is 0 Å². The van der Waals surface area contributed by atoms with Gasteiger partial charge in [0.25, 0.3) is 0 Å². The molecule has 1 N–H and O–H groups in total. The third kappa shape index (κ3) is 4.29. The molecule has 0 radical (unpaired) electrons. The molecule has 3 nitrogen and oxygen atoms in total. The van der Waals surface area contributed by atoms with Gasteiger partial charge in [-0.15, -0.1) is 0 Å². The molecule has 2 atom stereocenters. The smallest absolute Gasteiger partial charge is 0.0599 e. The highest BCUT2D eigenvalue weighted by atomic mass is 16.5. The Hall–Kier alpha value is -0.900. The molecular formula is C18H30N2O. The standard InChI is InChI=1S/C18H30N2O/c1-5-21-17-10-12-20(13-11-17)15(3)18(19-4)16-8-6-14(2)7-9-16/h6-9,15,17-19H,5,10-13H2,1-4H3. The summed E-state index contributed by atoms with van der Waals surface area (Å²) < 4.78 is 5.75. The average molecular weight is 290 g/mol. The molecule has 0 aliphatic carbocycles. The number of nitrogens with zero attached hydrogens (tertiary/aromatic N) is 1. The molecule has 1 aliphatic rings. The number of nitrogens with one attached hydrogen (secondary N) is 1. The van der Waals surface area contributed by atoms with Crippen molar-refractivity contribution >= 4 is 0 Å². The van der Waals surface area contributed by atoms with Crippen LogP contribution in [0.25, 0.3) is 0 Å². The second-order valence-electron chi connectivity index (χ2n) is 6.11. The van der Waals surface area contributed by atoms with E-state index >= 15 is 0 Å². The molecule has 1 heterocycles. The Labute approximate surface area is 129 Å². The first kappa shape index (κ1) is 16.5. The van der Waals surface area contributed by atoms with Gasteiger partial charge < -0.3 is 10.1 Å². The summed E-state index contributed by atoms with van der Waals surface area (Å²) in [5, 5.41) is 3.50. The van der Waals surface area contributed by atoms with Crippen molar-refractivity contribution in [1.29, 1.82) is 0 Å². The minimum atomic E-state index is 0.384.